The van der Waals surface area contributed by atoms with Crippen LogP contribution in [0.25, 0.3) is 11.1 Å². The molecule has 20 heavy (non-hydrogen) atoms. The Morgan fingerprint density at radius 2 is 2.35 bits per heavy atom. The summed E-state index contributed by atoms with van der Waals surface area (Å²) in [5.74, 6) is 0.0337. The lowest BCUT2D eigenvalue weighted by Gasteiger charge is -2.19. The van der Waals surface area contributed by atoms with Gasteiger partial charge < -0.3 is 14.7 Å². The van der Waals surface area contributed by atoms with Crippen LogP contribution in [-0.2, 0) is 6.42 Å². The molecule has 0 atom stereocenters. The topological polar surface area (TPSA) is 71.3 Å². The molecule has 1 aliphatic rings. The molecule has 1 fully saturated rings. The van der Waals surface area contributed by atoms with Crippen molar-refractivity contribution in [1.29, 1.82) is 0 Å². The zero-order valence-corrected chi connectivity index (χ0v) is 11.6. The van der Waals surface area contributed by atoms with Crippen LogP contribution >= 0.6 is 0 Å². The van der Waals surface area contributed by atoms with Gasteiger partial charge in [0.2, 0.25) is 0 Å². The number of aryl methyl sites for hydroxylation is 1. The van der Waals surface area contributed by atoms with Gasteiger partial charge in [-0.15, -0.1) is 0 Å². The molecule has 1 aliphatic heterocycles. The molecule has 0 aliphatic carbocycles. The molecule has 6 nitrogen and oxygen atoms in total. The molecule has 106 valence electrons. The zero-order chi connectivity index (χ0) is 13.9. The van der Waals surface area contributed by atoms with Crippen LogP contribution in [0.3, 0.4) is 0 Å². The third-order valence-corrected chi connectivity index (χ3v) is 3.61. The Bertz CT molecular complexity index is 615. The highest BCUT2D eigenvalue weighted by Gasteiger charge is 2.19. The summed E-state index contributed by atoms with van der Waals surface area (Å²) in [6.45, 7) is 5.34. The number of aromatic nitrogens is 2. The van der Waals surface area contributed by atoms with Crippen LogP contribution in [0.15, 0.2) is 16.8 Å². The SMILES string of the molecule is CCc1noc2ncc(C(=O)N3CCCNCC3)cc12. The molecule has 1 saturated heterocycles. The average molecular weight is 274 g/mol. The first-order valence-corrected chi connectivity index (χ1v) is 7.04. The van der Waals surface area contributed by atoms with Crippen LogP contribution in [0.4, 0.5) is 0 Å². The maximum atomic E-state index is 12.5. The van der Waals surface area contributed by atoms with Crippen LogP contribution in [0, 0.1) is 0 Å². The molecule has 6 heteroatoms. The van der Waals surface area contributed by atoms with Crippen molar-refractivity contribution in [2.24, 2.45) is 0 Å². The van der Waals surface area contributed by atoms with Crippen LogP contribution in [0.5, 0.6) is 0 Å². The van der Waals surface area contributed by atoms with Crippen LogP contribution in [0.2, 0.25) is 0 Å². The number of pyridine rings is 1. The molecule has 3 heterocycles. The summed E-state index contributed by atoms with van der Waals surface area (Å²) in [5.41, 5.74) is 1.95. The fourth-order valence-electron chi connectivity index (χ4n) is 2.48. The molecular formula is C14H18N4O2. The molecule has 0 aromatic carbocycles. The number of fused-ring (bicyclic) bond motifs is 1. The Kier molecular flexibility index (Phi) is 3.64. The average Bonchev–Trinajstić information content (AvgIpc) is 2.70. The standard InChI is InChI=1S/C14H18N4O2/c1-2-12-11-8-10(9-16-13(11)20-17-12)14(19)18-6-3-4-15-5-7-18/h8-9,15H,2-7H2,1H3. The molecule has 0 radical (unpaired) electrons. The van der Waals surface area contributed by atoms with Gasteiger partial charge in [0.25, 0.3) is 11.6 Å². The fraction of sp³-hybridized carbons (Fsp3) is 0.500. The summed E-state index contributed by atoms with van der Waals surface area (Å²) in [6, 6.07) is 1.85. The normalized spacial score (nSPS) is 16.4. The van der Waals surface area contributed by atoms with Crippen molar-refractivity contribution in [1.82, 2.24) is 20.4 Å². The first-order valence-electron chi connectivity index (χ1n) is 7.04. The van der Waals surface area contributed by atoms with E-state index in [1.165, 1.54) is 0 Å². The van der Waals surface area contributed by atoms with Crippen molar-refractivity contribution in [2.45, 2.75) is 19.8 Å². The molecule has 2 aromatic heterocycles. The van der Waals surface area contributed by atoms with Crippen LogP contribution in [-0.4, -0.2) is 47.1 Å². The molecule has 1 amide bonds. The first kappa shape index (κ1) is 13.1. The minimum absolute atomic E-state index is 0.0337. The smallest absolute Gasteiger partial charge is 0.257 e. The third kappa shape index (κ3) is 2.38. The van der Waals surface area contributed by atoms with Crippen molar-refractivity contribution >= 4 is 17.0 Å². The van der Waals surface area contributed by atoms with Gasteiger partial charge in [0.15, 0.2) is 0 Å². The lowest BCUT2D eigenvalue weighted by molar-refractivity contribution is 0.0766. The van der Waals surface area contributed by atoms with E-state index in [2.05, 4.69) is 15.5 Å². The molecular weight excluding hydrogens is 256 g/mol. The largest absolute Gasteiger partial charge is 0.337 e. The van der Waals surface area contributed by atoms with Gasteiger partial charge in [-0.25, -0.2) is 4.98 Å². The molecule has 0 saturated carbocycles. The number of nitrogens with zero attached hydrogens (tertiary/aromatic N) is 3. The van der Waals surface area contributed by atoms with E-state index < -0.39 is 0 Å². The Hall–Kier alpha value is -1.95. The van der Waals surface area contributed by atoms with Gasteiger partial charge in [-0.2, -0.15) is 0 Å². The summed E-state index contributed by atoms with van der Waals surface area (Å²) < 4.78 is 5.14. The summed E-state index contributed by atoms with van der Waals surface area (Å²) in [7, 11) is 0. The van der Waals surface area contributed by atoms with E-state index in [1.54, 1.807) is 6.20 Å². The van der Waals surface area contributed by atoms with E-state index in [4.69, 9.17) is 4.52 Å². The number of hydrogen-bond acceptors (Lipinski definition) is 5. The van der Waals surface area contributed by atoms with Crippen LogP contribution < -0.4 is 5.32 Å². The van der Waals surface area contributed by atoms with E-state index in [9.17, 15) is 4.79 Å². The van der Waals surface area contributed by atoms with Gasteiger partial charge in [0, 0.05) is 25.8 Å². The van der Waals surface area contributed by atoms with Gasteiger partial charge in [-0.05, 0) is 25.5 Å². The number of rotatable bonds is 2. The highest BCUT2D eigenvalue weighted by molar-refractivity contribution is 5.97. The minimum atomic E-state index is 0.0337. The zero-order valence-electron chi connectivity index (χ0n) is 11.6. The summed E-state index contributed by atoms with van der Waals surface area (Å²) in [4.78, 5) is 18.6. The van der Waals surface area contributed by atoms with Crippen molar-refractivity contribution in [3.63, 3.8) is 0 Å². The second kappa shape index (κ2) is 5.58. The second-order valence-corrected chi connectivity index (χ2v) is 4.96. The van der Waals surface area contributed by atoms with Gasteiger partial charge in [0.1, 0.15) is 0 Å². The number of hydrogen-bond donors (Lipinski definition) is 1. The van der Waals surface area contributed by atoms with E-state index >= 15 is 0 Å². The molecule has 0 spiro atoms. The fourth-order valence-corrected chi connectivity index (χ4v) is 2.48. The van der Waals surface area contributed by atoms with Crippen molar-refractivity contribution in [2.75, 3.05) is 26.2 Å². The van der Waals surface area contributed by atoms with Gasteiger partial charge >= 0.3 is 0 Å². The van der Waals surface area contributed by atoms with Gasteiger partial charge in [0.05, 0.1) is 16.6 Å². The molecule has 0 bridgehead atoms. The lowest BCUT2D eigenvalue weighted by Crippen LogP contribution is -2.34. The van der Waals surface area contributed by atoms with E-state index in [0.29, 0.717) is 11.3 Å². The lowest BCUT2D eigenvalue weighted by atomic mass is 10.1. The molecule has 0 unspecified atom stereocenters. The van der Waals surface area contributed by atoms with Crippen molar-refractivity contribution in [3.8, 4) is 0 Å². The Labute approximate surface area is 117 Å². The molecule has 1 N–H and O–H groups in total. The molecule has 3 rings (SSSR count). The van der Waals surface area contributed by atoms with Crippen molar-refractivity contribution < 1.29 is 9.32 Å². The summed E-state index contributed by atoms with van der Waals surface area (Å²) in [6.07, 6.45) is 3.32. The Balaban J connectivity index is 1.90. The van der Waals surface area contributed by atoms with E-state index in [-0.39, 0.29) is 5.91 Å². The maximum Gasteiger partial charge on any atom is 0.257 e. The maximum absolute atomic E-state index is 12.5. The number of carbonyl (C=O) groups excluding carboxylic acids is 1. The third-order valence-electron chi connectivity index (χ3n) is 3.61. The first-order chi connectivity index (χ1) is 9.79. The second-order valence-electron chi connectivity index (χ2n) is 4.96. The monoisotopic (exact) mass is 274 g/mol. The number of nitrogens with one attached hydrogen (secondary N) is 1. The molecule has 2 aromatic rings. The predicted octanol–water partition coefficient (Wildman–Crippen LogP) is 1.22. The quantitative estimate of drug-likeness (QED) is 0.891. The van der Waals surface area contributed by atoms with E-state index in [1.807, 2.05) is 17.9 Å². The van der Waals surface area contributed by atoms with Crippen molar-refractivity contribution in [3.05, 3.63) is 23.5 Å². The number of amides is 1. The predicted molar refractivity (Wildman–Crippen MR) is 74.6 cm³/mol. The van der Waals surface area contributed by atoms with Gasteiger partial charge in [-0.1, -0.05) is 12.1 Å². The van der Waals surface area contributed by atoms with E-state index in [0.717, 1.165) is 50.1 Å². The summed E-state index contributed by atoms with van der Waals surface area (Å²) in [5, 5.41) is 8.10. The Morgan fingerprint density at radius 1 is 1.45 bits per heavy atom. The summed E-state index contributed by atoms with van der Waals surface area (Å²) >= 11 is 0. The number of carbonyl (C=O) groups is 1. The highest BCUT2D eigenvalue weighted by atomic mass is 16.5. The minimum Gasteiger partial charge on any atom is -0.337 e. The highest BCUT2D eigenvalue weighted by Crippen LogP contribution is 2.19. The van der Waals surface area contributed by atoms with Crippen LogP contribution in [0.1, 0.15) is 29.4 Å². The Morgan fingerprint density at radius 3 is 3.20 bits per heavy atom. The van der Waals surface area contributed by atoms with Gasteiger partial charge in [-0.3, -0.25) is 4.79 Å².